The number of fused-ring (bicyclic) bond motifs is 1. The van der Waals surface area contributed by atoms with Crippen LogP contribution in [0.1, 0.15) is 32.6 Å². The van der Waals surface area contributed by atoms with Crippen molar-refractivity contribution in [1.82, 2.24) is 5.32 Å². The lowest BCUT2D eigenvalue weighted by Crippen LogP contribution is -2.49. The highest BCUT2D eigenvalue weighted by Gasteiger charge is 2.31. The number of para-hydroxylation sites is 1. The SMILES string of the molecule is C[C@@H]1CCCC[C@H]1NC(=O)CN1C(=O)COc2ccc(S(=O)(=O)Nc3ccccc3)cc21. The Morgan fingerprint density at radius 2 is 1.88 bits per heavy atom. The number of sulfonamides is 1. The van der Waals surface area contributed by atoms with Gasteiger partial charge in [0.05, 0.1) is 10.6 Å². The van der Waals surface area contributed by atoms with E-state index in [0.29, 0.717) is 17.4 Å². The molecule has 2 aliphatic rings. The molecule has 2 aromatic rings. The van der Waals surface area contributed by atoms with E-state index >= 15 is 0 Å². The molecule has 4 rings (SSSR count). The summed E-state index contributed by atoms with van der Waals surface area (Å²) in [6.45, 7) is 1.73. The van der Waals surface area contributed by atoms with Crippen LogP contribution in [0.5, 0.6) is 5.75 Å². The number of carbonyl (C=O) groups excluding carboxylic acids is 2. The molecule has 1 fully saturated rings. The van der Waals surface area contributed by atoms with Gasteiger partial charge in [0.15, 0.2) is 6.61 Å². The van der Waals surface area contributed by atoms with Crippen molar-refractivity contribution in [2.45, 2.75) is 43.5 Å². The van der Waals surface area contributed by atoms with E-state index in [0.717, 1.165) is 25.7 Å². The van der Waals surface area contributed by atoms with Crippen LogP contribution >= 0.6 is 0 Å². The van der Waals surface area contributed by atoms with Crippen molar-refractivity contribution in [1.29, 1.82) is 0 Å². The average Bonchev–Trinajstić information content (AvgIpc) is 2.77. The standard InChI is InChI=1S/C23H27N3O5S/c1-16-7-5-6-10-19(16)24-22(27)14-26-20-13-18(11-12-21(20)31-15-23(26)28)32(29,30)25-17-8-3-2-4-9-17/h2-4,8-9,11-13,16,19,25H,5-7,10,14-15H2,1H3,(H,24,27)/t16-,19-/m1/s1. The van der Waals surface area contributed by atoms with Crippen LogP contribution in [0.3, 0.4) is 0 Å². The molecule has 2 amide bonds. The van der Waals surface area contributed by atoms with Crippen LogP contribution in [0, 0.1) is 5.92 Å². The summed E-state index contributed by atoms with van der Waals surface area (Å²) in [7, 11) is -3.89. The van der Waals surface area contributed by atoms with Gasteiger partial charge in [0, 0.05) is 11.7 Å². The molecule has 1 heterocycles. The van der Waals surface area contributed by atoms with Crippen molar-refractivity contribution in [2.75, 3.05) is 22.8 Å². The van der Waals surface area contributed by atoms with Gasteiger partial charge in [-0.25, -0.2) is 8.42 Å². The Morgan fingerprint density at radius 3 is 2.62 bits per heavy atom. The number of carbonyl (C=O) groups is 2. The van der Waals surface area contributed by atoms with Crippen LogP contribution in [0.25, 0.3) is 0 Å². The third-order valence-corrected chi connectivity index (χ3v) is 7.35. The first-order valence-corrected chi connectivity index (χ1v) is 12.3. The molecule has 1 saturated carbocycles. The second-order valence-corrected chi connectivity index (χ2v) is 9.99. The Morgan fingerprint density at radius 1 is 1.12 bits per heavy atom. The largest absolute Gasteiger partial charge is 0.482 e. The van der Waals surface area contributed by atoms with E-state index in [1.54, 1.807) is 30.3 Å². The summed E-state index contributed by atoms with van der Waals surface area (Å²) in [6, 6.07) is 12.9. The maximum Gasteiger partial charge on any atom is 0.265 e. The molecule has 1 aliphatic carbocycles. The Labute approximate surface area is 188 Å². The minimum Gasteiger partial charge on any atom is -0.482 e. The fraction of sp³-hybridized carbons (Fsp3) is 0.391. The lowest BCUT2D eigenvalue weighted by Gasteiger charge is -2.32. The van der Waals surface area contributed by atoms with Gasteiger partial charge in [-0.05, 0) is 49.1 Å². The third kappa shape index (κ3) is 4.88. The Kier molecular flexibility index (Phi) is 6.36. The molecule has 0 radical (unpaired) electrons. The summed E-state index contributed by atoms with van der Waals surface area (Å²) in [5.74, 6) is 0.0961. The summed E-state index contributed by atoms with van der Waals surface area (Å²) in [6.07, 6.45) is 4.23. The van der Waals surface area contributed by atoms with Crippen molar-refractivity contribution >= 4 is 33.2 Å². The van der Waals surface area contributed by atoms with Crippen LogP contribution in [-0.2, 0) is 19.6 Å². The minimum absolute atomic E-state index is 0.0234. The normalized spacial score (nSPS) is 20.8. The quantitative estimate of drug-likeness (QED) is 0.694. The molecule has 2 aromatic carbocycles. The summed E-state index contributed by atoms with van der Waals surface area (Å²) in [5.41, 5.74) is 0.694. The van der Waals surface area contributed by atoms with E-state index in [2.05, 4.69) is 17.0 Å². The van der Waals surface area contributed by atoms with Crippen LogP contribution in [0.4, 0.5) is 11.4 Å². The van der Waals surface area contributed by atoms with Gasteiger partial charge >= 0.3 is 0 Å². The molecule has 32 heavy (non-hydrogen) atoms. The number of anilines is 2. The van der Waals surface area contributed by atoms with Gasteiger partial charge in [0.1, 0.15) is 12.3 Å². The Balaban J connectivity index is 1.55. The number of nitrogens with zero attached hydrogens (tertiary/aromatic N) is 1. The minimum atomic E-state index is -3.89. The van der Waals surface area contributed by atoms with Crippen molar-refractivity contribution in [2.24, 2.45) is 5.92 Å². The summed E-state index contributed by atoms with van der Waals surface area (Å²) in [4.78, 5) is 26.6. The second-order valence-electron chi connectivity index (χ2n) is 8.31. The molecular weight excluding hydrogens is 430 g/mol. The number of hydrogen-bond donors (Lipinski definition) is 2. The monoisotopic (exact) mass is 457 g/mol. The van der Waals surface area contributed by atoms with E-state index < -0.39 is 15.9 Å². The molecular formula is C23H27N3O5S. The van der Waals surface area contributed by atoms with Crippen molar-refractivity contribution in [3.63, 3.8) is 0 Å². The zero-order valence-corrected chi connectivity index (χ0v) is 18.7. The first-order valence-electron chi connectivity index (χ1n) is 10.8. The molecule has 0 unspecified atom stereocenters. The molecule has 0 spiro atoms. The van der Waals surface area contributed by atoms with Gasteiger partial charge in [-0.2, -0.15) is 0 Å². The topological polar surface area (TPSA) is 105 Å². The number of rotatable bonds is 6. The number of benzene rings is 2. The van der Waals surface area contributed by atoms with Gasteiger partial charge < -0.3 is 10.1 Å². The first kappa shape index (κ1) is 22.1. The molecule has 9 heteroatoms. The molecule has 0 bridgehead atoms. The maximum atomic E-state index is 12.9. The summed E-state index contributed by atoms with van der Waals surface area (Å²) < 4.78 is 33.7. The molecule has 170 valence electrons. The molecule has 8 nitrogen and oxygen atoms in total. The number of nitrogens with one attached hydrogen (secondary N) is 2. The fourth-order valence-electron chi connectivity index (χ4n) is 4.17. The number of amides is 2. The van der Waals surface area contributed by atoms with Crippen LogP contribution in [-0.4, -0.2) is 39.4 Å². The third-order valence-electron chi connectivity index (χ3n) is 5.97. The lowest BCUT2D eigenvalue weighted by molar-refractivity contribution is -0.126. The van der Waals surface area contributed by atoms with Crippen LogP contribution in [0.15, 0.2) is 53.4 Å². The molecule has 0 saturated heterocycles. The average molecular weight is 458 g/mol. The van der Waals surface area contributed by atoms with Crippen molar-refractivity contribution < 1.29 is 22.7 Å². The highest BCUT2D eigenvalue weighted by molar-refractivity contribution is 7.92. The van der Waals surface area contributed by atoms with Gasteiger partial charge in [-0.15, -0.1) is 0 Å². The van der Waals surface area contributed by atoms with E-state index in [-0.39, 0.29) is 35.7 Å². The second kappa shape index (κ2) is 9.20. The zero-order valence-electron chi connectivity index (χ0n) is 17.9. The van der Waals surface area contributed by atoms with E-state index in [1.165, 1.54) is 23.1 Å². The summed E-state index contributed by atoms with van der Waals surface area (Å²) in [5, 5.41) is 3.04. The molecule has 2 N–H and O–H groups in total. The van der Waals surface area contributed by atoms with Crippen LogP contribution in [0.2, 0.25) is 0 Å². The predicted octanol–water partition coefficient (Wildman–Crippen LogP) is 2.91. The first-order chi connectivity index (χ1) is 15.3. The number of hydrogen-bond acceptors (Lipinski definition) is 5. The maximum absolute atomic E-state index is 12.9. The van der Waals surface area contributed by atoms with Gasteiger partial charge in [0.25, 0.3) is 15.9 Å². The molecule has 0 aromatic heterocycles. The molecule has 2 atom stereocenters. The van der Waals surface area contributed by atoms with E-state index in [1.807, 2.05) is 0 Å². The predicted molar refractivity (Wildman–Crippen MR) is 121 cm³/mol. The van der Waals surface area contributed by atoms with Crippen LogP contribution < -0.4 is 19.7 Å². The fourth-order valence-corrected chi connectivity index (χ4v) is 5.25. The van der Waals surface area contributed by atoms with E-state index in [9.17, 15) is 18.0 Å². The van der Waals surface area contributed by atoms with Gasteiger partial charge in [0.2, 0.25) is 5.91 Å². The Hall–Kier alpha value is -3.07. The smallest absolute Gasteiger partial charge is 0.265 e. The molecule has 1 aliphatic heterocycles. The highest BCUT2D eigenvalue weighted by atomic mass is 32.2. The van der Waals surface area contributed by atoms with E-state index in [4.69, 9.17) is 4.74 Å². The Bertz CT molecular complexity index is 1100. The van der Waals surface area contributed by atoms with Crippen molar-refractivity contribution in [3.8, 4) is 5.75 Å². The zero-order chi connectivity index (χ0) is 22.7. The summed E-state index contributed by atoms with van der Waals surface area (Å²) >= 11 is 0. The lowest BCUT2D eigenvalue weighted by atomic mass is 9.86. The number of ether oxygens (including phenoxy) is 1. The highest BCUT2D eigenvalue weighted by Crippen LogP contribution is 2.34. The van der Waals surface area contributed by atoms with Crippen molar-refractivity contribution in [3.05, 3.63) is 48.5 Å². The van der Waals surface area contributed by atoms with Gasteiger partial charge in [-0.1, -0.05) is 38.0 Å². The van der Waals surface area contributed by atoms with Gasteiger partial charge in [-0.3, -0.25) is 19.2 Å².